The lowest BCUT2D eigenvalue weighted by molar-refractivity contribution is -0.131. The van der Waals surface area contributed by atoms with Gasteiger partial charge in [0, 0.05) is 30.8 Å². The van der Waals surface area contributed by atoms with Crippen LogP contribution in [0.25, 0.3) is 0 Å². The van der Waals surface area contributed by atoms with Crippen molar-refractivity contribution in [2.24, 2.45) is 0 Å². The molecule has 0 atom stereocenters. The van der Waals surface area contributed by atoms with E-state index >= 15 is 0 Å². The third-order valence-corrected chi connectivity index (χ3v) is 6.48. The second-order valence-electron chi connectivity index (χ2n) is 7.66. The summed E-state index contributed by atoms with van der Waals surface area (Å²) in [7, 11) is 0. The number of carbonyl (C=O) groups is 3. The first-order valence-electron chi connectivity index (χ1n) is 10.4. The summed E-state index contributed by atoms with van der Waals surface area (Å²) in [5.74, 6) is 0.975. The van der Waals surface area contributed by atoms with Gasteiger partial charge in [0.05, 0.1) is 18.0 Å². The van der Waals surface area contributed by atoms with Crippen molar-refractivity contribution in [3.8, 4) is 0 Å². The number of amides is 1. The second-order valence-corrected chi connectivity index (χ2v) is 8.60. The normalized spacial score (nSPS) is 14.8. The quantitative estimate of drug-likeness (QED) is 0.508. The molecule has 0 radical (unpaired) electrons. The molecule has 0 aliphatic carbocycles. The van der Waals surface area contributed by atoms with E-state index in [2.05, 4.69) is 15.2 Å². The summed E-state index contributed by atoms with van der Waals surface area (Å²) in [4.78, 5) is 41.8. The third kappa shape index (κ3) is 4.66. The van der Waals surface area contributed by atoms with Crippen LogP contribution in [0.1, 0.15) is 77.5 Å². The highest BCUT2D eigenvalue weighted by atomic mass is 32.2. The van der Waals surface area contributed by atoms with Crippen molar-refractivity contribution in [3.05, 3.63) is 28.3 Å². The van der Waals surface area contributed by atoms with Crippen LogP contribution in [0.15, 0.2) is 5.16 Å². The molecular weight excluding hydrogens is 402 g/mol. The van der Waals surface area contributed by atoms with Crippen LogP contribution < -0.4 is 0 Å². The Morgan fingerprint density at radius 3 is 2.60 bits per heavy atom. The second kappa shape index (κ2) is 9.59. The number of aryl methyl sites for hydroxylation is 1. The number of aromatic nitrogens is 4. The molecule has 0 saturated carbocycles. The van der Waals surface area contributed by atoms with Gasteiger partial charge < -0.3 is 14.5 Å². The van der Waals surface area contributed by atoms with Crippen LogP contribution in [0, 0.1) is 13.8 Å². The van der Waals surface area contributed by atoms with Gasteiger partial charge in [0.25, 0.3) is 0 Å². The van der Waals surface area contributed by atoms with E-state index < -0.39 is 0 Å². The number of nitrogens with zero attached hydrogens (tertiary/aromatic N) is 4. The van der Waals surface area contributed by atoms with Crippen molar-refractivity contribution < 1.29 is 14.4 Å². The Morgan fingerprint density at radius 2 is 1.93 bits per heavy atom. The number of hydrogen-bond donors (Lipinski definition) is 1. The number of H-pyrrole nitrogens is 1. The maximum absolute atomic E-state index is 12.8. The Labute approximate surface area is 180 Å². The summed E-state index contributed by atoms with van der Waals surface area (Å²) in [5.41, 5.74) is 2.48. The van der Waals surface area contributed by atoms with Crippen LogP contribution in [0.2, 0.25) is 0 Å². The van der Waals surface area contributed by atoms with E-state index in [9.17, 15) is 14.4 Å². The standard InChI is InChI=1S/C21H29N5O3S/c1-5-26-17(11-25-10-8-6-7-9-18(25)29)23-24-21(26)30-12-16(28)20-13(2)19(15(4)27)14(3)22-20/h22H,5-12H2,1-4H3. The first kappa shape index (κ1) is 22.3. The lowest BCUT2D eigenvalue weighted by Gasteiger charge is -2.20. The van der Waals surface area contributed by atoms with E-state index in [0.29, 0.717) is 41.5 Å². The molecule has 30 heavy (non-hydrogen) atoms. The SMILES string of the molecule is CCn1c(CN2CCCCCC2=O)nnc1SCC(=O)c1[nH]c(C)c(C(C)=O)c1C. The van der Waals surface area contributed by atoms with Gasteiger partial charge in [-0.2, -0.15) is 0 Å². The highest BCUT2D eigenvalue weighted by Crippen LogP contribution is 2.23. The predicted octanol–water partition coefficient (Wildman–Crippen LogP) is 3.32. The molecule has 1 fully saturated rings. The molecular formula is C21H29N5O3S. The number of nitrogens with one attached hydrogen (secondary N) is 1. The molecule has 0 unspecified atom stereocenters. The number of aromatic amines is 1. The molecule has 8 nitrogen and oxygen atoms in total. The minimum Gasteiger partial charge on any atom is -0.355 e. The number of hydrogen-bond acceptors (Lipinski definition) is 6. The molecule has 0 aromatic carbocycles. The van der Waals surface area contributed by atoms with E-state index in [-0.39, 0.29) is 23.2 Å². The van der Waals surface area contributed by atoms with E-state index in [4.69, 9.17) is 0 Å². The molecule has 1 amide bonds. The molecule has 0 spiro atoms. The zero-order valence-corrected chi connectivity index (χ0v) is 18.9. The number of ketones is 2. The number of thioether (sulfide) groups is 1. The largest absolute Gasteiger partial charge is 0.355 e. The highest BCUT2D eigenvalue weighted by molar-refractivity contribution is 7.99. The maximum Gasteiger partial charge on any atom is 0.222 e. The van der Waals surface area contributed by atoms with Crippen LogP contribution in [-0.2, 0) is 17.9 Å². The summed E-state index contributed by atoms with van der Waals surface area (Å²) >= 11 is 1.33. The van der Waals surface area contributed by atoms with Crippen molar-refractivity contribution in [2.75, 3.05) is 12.3 Å². The summed E-state index contributed by atoms with van der Waals surface area (Å²) in [6, 6.07) is 0. The molecule has 3 rings (SSSR count). The van der Waals surface area contributed by atoms with Crippen molar-refractivity contribution in [2.45, 2.75) is 71.6 Å². The van der Waals surface area contributed by atoms with Gasteiger partial charge in [-0.1, -0.05) is 18.2 Å². The van der Waals surface area contributed by atoms with Crippen LogP contribution in [0.3, 0.4) is 0 Å². The Morgan fingerprint density at radius 1 is 1.17 bits per heavy atom. The molecule has 1 N–H and O–H groups in total. The van der Waals surface area contributed by atoms with Crippen molar-refractivity contribution >= 4 is 29.2 Å². The fraction of sp³-hybridized carbons (Fsp3) is 0.571. The zero-order chi connectivity index (χ0) is 21.8. The molecule has 1 aliphatic heterocycles. The first-order chi connectivity index (χ1) is 14.3. The fourth-order valence-electron chi connectivity index (χ4n) is 4.00. The van der Waals surface area contributed by atoms with Crippen molar-refractivity contribution in [3.63, 3.8) is 0 Å². The van der Waals surface area contributed by atoms with Crippen LogP contribution in [-0.4, -0.2) is 54.4 Å². The van der Waals surface area contributed by atoms with Gasteiger partial charge in [-0.15, -0.1) is 10.2 Å². The molecule has 9 heteroatoms. The number of carbonyl (C=O) groups excluding carboxylic acids is 3. The van der Waals surface area contributed by atoms with Gasteiger partial charge in [-0.05, 0) is 46.1 Å². The molecule has 3 heterocycles. The molecule has 1 saturated heterocycles. The molecule has 1 aliphatic rings. The minimum absolute atomic E-state index is 0.0496. The van der Waals surface area contributed by atoms with Crippen LogP contribution >= 0.6 is 11.8 Å². The number of likely N-dealkylation sites (tertiary alicyclic amines) is 1. The Bertz CT molecular complexity index is 962. The Balaban J connectivity index is 1.70. The van der Waals surface area contributed by atoms with Crippen molar-refractivity contribution in [1.82, 2.24) is 24.6 Å². The van der Waals surface area contributed by atoms with Crippen molar-refractivity contribution in [1.29, 1.82) is 0 Å². The number of rotatable bonds is 8. The minimum atomic E-state index is -0.0806. The van der Waals surface area contributed by atoms with E-state index in [1.54, 1.807) is 13.8 Å². The van der Waals surface area contributed by atoms with E-state index in [0.717, 1.165) is 37.3 Å². The monoisotopic (exact) mass is 431 g/mol. The average molecular weight is 432 g/mol. The summed E-state index contributed by atoms with van der Waals surface area (Å²) in [6.07, 6.45) is 3.63. The molecule has 2 aromatic heterocycles. The number of Topliss-reactive ketones (excluding diaryl/α,β-unsaturated/α-hetero) is 2. The van der Waals surface area contributed by atoms with Gasteiger partial charge in [0.2, 0.25) is 5.91 Å². The first-order valence-corrected chi connectivity index (χ1v) is 11.4. The van der Waals surface area contributed by atoms with E-state index in [1.165, 1.54) is 18.7 Å². The maximum atomic E-state index is 12.8. The third-order valence-electron chi connectivity index (χ3n) is 5.51. The molecule has 0 bridgehead atoms. The van der Waals surface area contributed by atoms with E-state index in [1.807, 2.05) is 16.4 Å². The van der Waals surface area contributed by atoms with Gasteiger partial charge in [-0.25, -0.2) is 0 Å². The lowest BCUT2D eigenvalue weighted by Crippen LogP contribution is -2.31. The molecule has 2 aromatic rings. The fourth-order valence-corrected chi connectivity index (χ4v) is 4.89. The topological polar surface area (TPSA) is 101 Å². The average Bonchev–Trinajstić information content (AvgIpc) is 3.15. The Kier molecular flexibility index (Phi) is 7.12. The van der Waals surface area contributed by atoms with Gasteiger partial charge in [-0.3, -0.25) is 14.4 Å². The van der Waals surface area contributed by atoms with Gasteiger partial charge in [0.1, 0.15) is 0 Å². The highest BCUT2D eigenvalue weighted by Gasteiger charge is 2.23. The van der Waals surface area contributed by atoms with Crippen LogP contribution in [0.5, 0.6) is 0 Å². The van der Waals surface area contributed by atoms with Gasteiger partial charge in [0.15, 0.2) is 22.5 Å². The summed E-state index contributed by atoms with van der Waals surface area (Å²) in [6.45, 7) is 8.97. The van der Waals surface area contributed by atoms with Crippen LogP contribution in [0.4, 0.5) is 0 Å². The Hall–Kier alpha value is -2.42. The molecule has 162 valence electrons. The predicted molar refractivity (Wildman–Crippen MR) is 115 cm³/mol. The van der Waals surface area contributed by atoms with Gasteiger partial charge >= 0.3 is 0 Å². The smallest absolute Gasteiger partial charge is 0.222 e. The summed E-state index contributed by atoms with van der Waals surface area (Å²) in [5, 5.41) is 9.21. The lowest BCUT2D eigenvalue weighted by atomic mass is 10.1. The summed E-state index contributed by atoms with van der Waals surface area (Å²) < 4.78 is 1.96. The zero-order valence-electron chi connectivity index (χ0n) is 18.1.